The number of carbonyl (C=O) groups excluding carboxylic acids is 1. The number of nitrogens with zero attached hydrogens (tertiary/aromatic N) is 2. The summed E-state index contributed by atoms with van der Waals surface area (Å²) in [7, 11) is 0. The number of hydrogen-bond acceptors (Lipinski definition) is 4. The minimum atomic E-state index is -0.513. The number of carbonyl (C=O) groups is 1. The molecule has 3 rings (SSSR count). The number of nitrogens with one attached hydrogen (secondary N) is 1. The molecule has 24 heavy (non-hydrogen) atoms. The molecule has 0 radical (unpaired) electrons. The van der Waals surface area contributed by atoms with Gasteiger partial charge in [-0.1, -0.05) is 11.6 Å². The van der Waals surface area contributed by atoms with Crippen molar-refractivity contribution in [2.75, 3.05) is 18.0 Å². The van der Waals surface area contributed by atoms with Crippen molar-refractivity contribution in [3.8, 4) is 0 Å². The molecule has 0 aromatic carbocycles. The molecule has 1 amide bonds. The van der Waals surface area contributed by atoms with Crippen LogP contribution in [0.2, 0.25) is 5.15 Å². The first kappa shape index (κ1) is 17.3. The van der Waals surface area contributed by atoms with Gasteiger partial charge in [0.25, 0.3) is 0 Å². The first-order valence-electron chi connectivity index (χ1n) is 8.28. The van der Waals surface area contributed by atoms with E-state index < -0.39 is 5.60 Å². The highest BCUT2D eigenvalue weighted by atomic mass is 35.5. The van der Waals surface area contributed by atoms with Gasteiger partial charge in [-0.2, -0.15) is 0 Å². The van der Waals surface area contributed by atoms with E-state index in [2.05, 4.69) is 10.3 Å². The number of anilines is 1. The van der Waals surface area contributed by atoms with Crippen LogP contribution in [0.3, 0.4) is 0 Å². The van der Waals surface area contributed by atoms with E-state index in [1.54, 1.807) is 6.07 Å². The van der Waals surface area contributed by atoms with Gasteiger partial charge < -0.3 is 15.0 Å². The Morgan fingerprint density at radius 2 is 2.00 bits per heavy atom. The number of fused-ring (bicyclic) bond motifs is 2. The van der Waals surface area contributed by atoms with E-state index in [-0.39, 0.29) is 34.9 Å². The molecule has 0 unspecified atom stereocenters. The third kappa shape index (κ3) is 3.74. The van der Waals surface area contributed by atoms with Gasteiger partial charge in [-0.25, -0.2) is 14.2 Å². The minimum Gasteiger partial charge on any atom is -0.444 e. The fourth-order valence-corrected chi connectivity index (χ4v) is 3.90. The molecule has 7 heteroatoms. The Labute approximate surface area is 146 Å². The Bertz CT molecular complexity index is 621. The molecule has 132 valence electrons. The molecule has 1 aromatic heterocycles. The maximum absolute atomic E-state index is 14.1. The summed E-state index contributed by atoms with van der Waals surface area (Å²) in [5.74, 6) is 0.197. The molecule has 2 heterocycles. The molecular formula is C17H23ClFN3O2. The Morgan fingerprint density at radius 1 is 1.38 bits per heavy atom. The zero-order valence-corrected chi connectivity index (χ0v) is 14.9. The van der Waals surface area contributed by atoms with Crippen molar-refractivity contribution in [2.24, 2.45) is 11.8 Å². The highest BCUT2D eigenvalue weighted by Crippen LogP contribution is 2.39. The quantitative estimate of drug-likeness (QED) is 0.823. The summed E-state index contributed by atoms with van der Waals surface area (Å²) in [6, 6.07) is 1.65. The number of pyridine rings is 1. The summed E-state index contributed by atoms with van der Waals surface area (Å²) < 4.78 is 19.4. The number of piperidine rings is 1. The molecule has 2 fully saturated rings. The molecule has 1 saturated heterocycles. The second kappa shape index (κ2) is 6.39. The lowest BCUT2D eigenvalue weighted by Crippen LogP contribution is -2.53. The number of amides is 1. The van der Waals surface area contributed by atoms with Crippen LogP contribution in [-0.4, -0.2) is 35.8 Å². The van der Waals surface area contributed by atoms with Crippen LogP contribution in [0.5, 0.6) is 0 Å². The zero-order valence-electron chi connectivity index (χ0n) is 14.2. The fraction of sp³-hybridized carbons (Fsp3) is 0.647. The standard InChI is InChI=1S/C17H23ClFN3O2/c1-17(2,3)24-16(23)21-15-10-4-5-11(15)9-22(8-10)13-6-14(18)20-7-12(13)19/h6-7,10-11,15H,4-5,8-9H2,1-3H3,(H,21,23)/t10-,11+,15-. The van der Waals surface area contributed by atoms with Crippen LogP contribution in [0, 0.1) is 17.7 Å². The number of alkyl carbamates (subject to hydrolysis) is 1. The van der Waals surface area contributed by atoms with E-state index in [4.69, 9.17) is 16.3 Å². The van der Waals surface area contributed by atoms with Gasteiger partial charge in [-0.05, 0) is 45.4 Å². The van der Waals surface area contributed by atoms with Gasteiger partial charge in [0.1, 0.15) is 10.8 Å². The molecule has 5 nitrogen and oxygen atoms in total. The van der Waals surface area contributed by atoms with Crippen LogP contribution in [0.15, 0.2) is 12.3 Å². The van der Waals surface area contributed by atoms with Gasteiger partial charge in [-0.3, -0.25) is 0 Å². The summed E-state index contributed by atoms with van der Waals surface area (Å²) in [5.41, 5.74) is -0.0246. The van der Waals surface area contributed by atoms with E-state index in [1.165, 1.54) is 0 Å². The summed E-state index contributed by atoms with van der Waals surface area (Å²) in [6.07, 6.45) is 2.81. The SMILES string of the molecule is CC(C)(C)OC(=O)N[C@@H]1[C@@H]2CC[C@H]1CN(c1cc(Cl)ncc1F)C2. The van der Waals surface area contributed by atoms with Gasteiger partial charge in [0, 0.05) is 25.2 Å². The molecule has 1 aromatic rings. The van der Waals surface area contributed by atoms with Gasteiger partial charge in [0.05, 0.1) is 11.9 Å². The lowest BCUT2D eigenvalue weighted by Gasteiger charge is -2.39. The fourth-order valence-electron chi connectivity index (χ4n) is 3.74. The van der Waals surface area contributed by atoms with Crippen molar-refractivity contribution in [2.45, 2.75) is 45.3 Å². The second-order valence-electron chi connectivity index (χ2n) is 7.63. The molecular weight excluding hydrogens is 333 g/mol. The zero-order chi connectivity index (χ0) is 17.5. The largest absolute Gasteiger partial charge is 0.444 e. The van der Waals surface area contributed by atoms with Gasteiger partial charge in [-0.15, -0.1) is 0 Å². The lowest BCUT2D eigenvalue weighted by molar-refractivity contribution is 0.0472. The van der Waals surface area contributed by atoms with Crippen molar-refractivity contribution >= 4 is 23.4 Å². The van der Waals surface area contributed by atoms with E-state index in [0.717, 1.165) is 19.0 Å². The summed E-state index contributed by atoms with van der Waals surface area (Å²) in [6.45, 7) is 6.92. The molecule has 3 atom stereocenters. The summed E-state index contributed by atoms with van der Waals surface area (Å²) in [4.78, 5) is 17.8. The third-order valence-electron chi connectivity index (χ3n) is 4.66. The Balaban J connectivity index is 1.68. The van der Waals surface area contributed by atoms with Crippen LogP contribution in [0.25, 0.3) is 0 Å². The van der Waals surface area contributed by atoms with E-state index >= 15 is 0 Å². The molecule has 1 N–H and O–H groups in total. The monoisotopic (exact) mass is 355 g/mol. The first-order chi connectivity index (χ1) is 11.2. The molecule has 2 bridgehead atoms. The highest BCUT2D eigenvalue weighted by molar-refractivity contribution is 6.29. The summed E-state index contributed by atoms with van der Waals surface area (Å²) in [5, 5.41) is 3.30. The molecule has 2 aliphatic rings. The van der Waals surface area contributed by atoms with Gasteiger partial charge in [0.2, 0.25) is 0 Å². The van der Waals surface area contributed by atoms with Crippen molar-refractivity contribution in [3.63, 3.8) is 0 Å². The van der Waals surface area contributed by atoms with Crippen LogP contribution in [-0.2, 0) is 4.74 Å². The minimum absolute atomic E-state index is 0.0801. The average Bonchev–Trinajstić information content (AvgIpc) is 2.70. The average molecular weight is 356 g/mol. The molecule has 1 aliphatic carbocycles. The number of hydrogen-bond donors (Lipinski definition) is 1. The predicted octanol–water partition coefficient (Wildman–Crippen LogP) is 3.61. The van der Waals surface area contributed by atoms with E-state index in [1.807, 2.05) is 25.7 Å². The number of halogens is 2. The molecule has 1 saturated carbocycles. The van der Waals surface area contributed by atoms with E-state index in [9.17, 15) is 9.18 Å². The van der Waals surface area contributed by atoms with Crippen LogP contribution >= 0.6 is 11.6 Å². The number of ether oxygens (including phenoxy) is 1. The molecule has 0 spiro atoms. The Kier molecular flexibility index (Phi) is 4.60. The predicted molar refractivity (Wildman–Crippen MR) is 90.8 cm³/mol. The molecule has 1 aliphatic heterocycles. The van der Waals surface area contributed by atoms with Crippen LogP contribution < -0.4 is 10.2 Å². The highest BCUT2D eigenvalue weighted by Gasteiger charge is 2.43. The van der Waals surface area contributed by atoms with Gasteiger partial charge in [0.15, 0.2) is 5.82 Å². The van der Waals surface area contributed by atoms with Crippen molar-refractivity contribution in [1.29, 1.82) is 0 Å². The topological polar surface area (TPSA) is 54.5 Å². The van der Waals surface area contributed by atoms with Crippen LogP contribution in [0.1, 0.15) is 33.6 Å². The Morgan fingerprint density at radius 3 is 2.58 bits per heavy atom. The van der Waals surface area contributed by atoms with E-state index in [0.29, 0.717) is 18.8 Å². The van der Waals surface area contributed by atoms with Crippen molar-refractivity contribution < 1.29 is 13.9 Å². The third-order valence-corrected chi connectivity index (χ3v) is 4.87. The number of aromatic nitrogens is 1. The van der Waals surface area contributed by atoms with Gasteiger partial charge >= 0.3 is 6.09 Å². The van der Waals surface area contributed by atoms with Crippen molar-refractivity contribution in [3.05, 3.63) is 23.2 Å². The summed E-state index contributed by atoms with van der Waals surface area (Å²) >= 11 is 5.91. The first-order valence-corrected chi connectivity index (χ1v) is 8.66. The lowest BCUT2D eigenvalue weighted by atomic mass is 9.92. The van der Waals surface area contributed by atoms with Crippen LogP contribution in [0.4, 0.5) is 14.9 Å². The smallest absolute Gasteiger partial charge is 0.407 e. The normalized spacial score (nSPS) is 26.4. The maximum Gasteiger partial charge on any atom is 0.407 e. The Hall–Kier alpha value is -1.56. The van der Waals surface area contributed by atoms with Crippen molar-refractivity contribution in [1.82, 2.24) is 10.3 Å². The number of rotatable bonds is 2. The second-order valence-corrected chi connectivity index (χ2v) is 8.02. The maximum atomic E-state index is 14.1.